The van der Waals surface area contributed by atoms with Crippen molar-refractivity contribution in [2.75, 3.05) is 0 Å². The Kier molecular flexibility index (Phi) is 5.82. The monoisotopic (exact) mass is 378 g/mol. The zero-order valence-corrected chi connectivity index (χ0v) is 17.7. The maximum atomic E-state index is 12.5. The summed E-state index contributed by atoms with van der Waals surface area (Å²) < 4.78 is 1.87. The first-order chi connectivity index (χ1) is 13.3. The van der Waals surface area contributed by atoms with E-state index in [-0.39, 0.29) is 11.9 Å². The molecule has 0 saturated heterocycles. The van der Waals surface area contributed by atoms with E-state index in [0.717, 1.165) is 33.9 Å². The fraction of sp³-hybridized carbons (Fsp3) is 0.435. The Hall–Kier alpha value is -2.69. The van der Waals surface area contributed by atoms with Crippen molar-refractivity contribution in [3.05, 3.63) is 64.1 Å². The number of hydrogen-bond donors (Lipinski definition) is 1. The first-order valence-electron chi connectivity index (χ1n) is 9.98. The van der Waals surface area contributed by atoms with Gasteiger partial charge in [0.15, 0.2) is 5.65 Å². The zero-order valence-electron chi connectivity index (χ0n) is 17.7. The Bertz CT molecular complexity index is 986. The van der Waals surface area contributed by atoms with Crippen LogP contribution in [-0.2, 0) is 11.2 Å². The molecule has 148 valence electrons. The fourth-order valence-corrected chi connectivity index (χ4v) is 3.61. The van der Waals surface area contributed by atoms with Crippen molar-refractivity contribution in [3.63, 3.8) is 0 Å². The van der Waals surface area contributed by atoms with E-state index in [2.05, 4.69) is 53.5 Å². The number of nitrogens with zero attached hydrogens (tertiary/aromatic N) is 3. The molecule has 5 heteroatoms. The maximum absolute atomic E-state index is 12.5. The molecule has 1 aromatic carbocycles. The lowest BCUT2D eigenvalue weighted by atomic mass is 9.99. The lowest BCUT2D eigenvalue weighted by Crippen LogP contribution is -2.27. The third-order valence-corrected chi connectivity index (χ3v) is 5.37. The molecule has 2 aromatic heterocycles. The van der Waals surface area contributed by atoms with Crippen LogP contribution in [0.3, 0.4) is 0 Å². The molecule has 0 spiro atoms. The van der Waals surface area contributed by atoms with Gasteiger partial charge in [0.2, 0.25) is 5.91 Å². The van der Waals surface area contributed by atoms with E-state index in [1.165, 1.54) is 5.56 Å². The number of hydrogen-bond acceptors (Lipinski definition) is 3. The molecule has 0 aliphatic rings. The standard InChI is InChI=1S/C23H30N4O/c1-14(2)19-7-9-20(10-8-19)16(4)25-23(28)12-11-21-17(5)24-22-13-15(3)26-27(22)18(21)6/h7-10,13-14,16H,11-12H2,1-6H3,(H,25,28). The van der Waals surface area contributed by atoms with Gasteiger partial charge in [-0.15, -0.1) is 0 Å². The molecule has 28 heavy (non-hydrogen) atoms. The predicted molar refractivity (Wildman–Crippen MR) is 113 cm³/mol. The quantitative estimate of drug-likeness (QED) is 0.682. The summed E-state index contributed by atoms with van der Waals surface area (Å²) in [5.41, 5.74) is 7.36. The van der Waals surface area contributed by atoms with Crippen LogP contribution >= 0.6 is 0 Å². The molecule has 2 heterocycles. The van der Waals surface area contributed by atoms with Gasteiger partial charge in [-0.1, -0.05) is 38.1 Å². The number of rotatable bonds is 6. The third-order valence-electron chi connectivity index (χ3n) is 5.37. The number of carbonyl (C=O) groups is 1. The Morgan fingerprint density at radius 1 is 1.07 bits per heavy atom. The van der Waals surface area contributed by atoms with Crippen molar-refractivity contribution in [2.24, 2.45) is 0 Å². The summed E-state index contributed by atoms with van der Waals surface area (Å²) in [5.74, 6) is 0.561. The molecule has 1 unspecified atom stereocenters. The molecular formula is C23H30N4O. The van der Waals surface area contributed by atoms with E-state index in [4.69, 9.17) is 0 Å². The molecule has 0 fully saturated rings. The first-order valence-corrected chi connectivity index (χ1v) is 9.98. The van der Waals surface area contributed by atoms with Crippen molar-refractivity contribution in [3.8, 4) is 0 Å². The van der Waals surface area contributed by atoms with Crippen molar-refractivity contribution < 1.29 is 4.79 Å². The van der Waals surface area contributed by atoms with Gasteiger partial charge in [0.05, 0.1) is 11.7 Å². The van der Waals surface area contributed by atoms with E-state index < -0.39 is 0 Å². The van der Waals surface area contributed by atoms with Crippen molar-refractivity contribution in [1.82, 2.24) is 19.9 Å². The van der Waals surface area contributed by atoms with Crippen LogP contribution in [0.5, 0.6) is 0 Å². The Morgan fingerprint density at radius 3 is 2.36 bits per heavy atom. The highest BCUT2D eigenvalue weighted by Crippen LogP contribution is 2.20. The Balaban J connectivity index is 1.64. The molecule has 0 saturated carbocycles. The summed E-state index contributed by atoms with van der Waals surface area (Å²) in [6.07, 6.45) is 1.09. The van der Waals surface area contributed by atoms with E-state index in [9.17, 15) is 4.79 Å². The van der Waals surface area contributed by atoms with Crippen LogP contribution < -0.4 is 5.32 Å². The summed E-state index contributed by atoms with van der Waals surface area (Å²) in [6.45, 7) is 12.4. The topological polar surface area (TPSA) is 59.3 Å². The molecule has 0 bridgehead atoms. The van der Waals surface area contributed by atoms with E-state index in [1.807, 2.05) is 38.3 Å². The van der Waals surface area contributed by atoms with Crippen LogP contribution in [0.4, 0.5) is 0 Å². The fourth-order valence-electron chi connectivity index (χ4n) is 3.61. The van der Waals surface area contributed by atoms with Gasteiger partial charge < -0.3 is 5.32 Å². The molecule has 1 N–H and O–H groups in total. The summed E-state index contributed by atoms with van der Waals surface area (Å²) in [6, 6.07) is 10.5. The van der Waals surface area contributed by atoms with Gasteiger partial charge >= 0.3 is 0 Å². The second-order valence-corrected chi connectivity index (χ2v) is 7.93. The summed E-state index contributed by atoms with van der Waals surface area (Å²) in [4.78, 5) is 17.1. The van der Waals surface area contributed by atoms with Crippen LogP contribution in [0.2, 0.25) is 0 Å². The van der Waals surface area contributed by atoms with E-state index >= 15 is 0 Å². The first kappa shape index (κ1) is 20.1. The number of nitrogens with one attached hydrogen (secondary N) is 1. The Morgan fingerprint density at radius 2 is 1.71 bits per heavy atom. The summed E-state index contributed by atoms with van der Waals surface area (Å²) in [7, 11) is 0. The average Bonchev–Trinajstić information content (AvgIpc) is 3.01. The van der Waals surface area contributed by atoms with Gasteiger partial charge in [0, 0.05) is 23.9 Å². The molecule has 1 amide bonds. The SMILES string of the molecule is Cc1cc2nc(C)c(CCC(=O)NC(C)c3ccc(C(C)C)cc3)c(C)n2n1. The van der Waals surface area contributed by atoms with Crippen LogP contribution in [0.1, 0.15) is 72.9 Å². The molecule has 0 aliphatic carbocycles. The number of carbonyl (C=O) groups excluding carboxylic acids is 1. The molecule has 5 nitrogen and oxygen atoms in total. The second-order valence-electron chi connectivity index (χ2n) is 7.93. The minimum Gasteiger partial charge on any atom is -0.350 e. The highest BCUT2D eigenvalue weighted by molar-refractivity contribution is 5.76. The van der Waals surface area contributed by atoms with Crippen molar-refractivity contribution in [1.29, 1.82) is 0 Å². The van der Waals surface area contributed by atoms with Gasteiger partial charge in [-0.2, -0.15) is 5.10 Å². The molecular weight excluding hydrogens is 348 g/mol. The zero-order chi connectivity index (χ0) is 20.4. The maximum Gasteiger partial charge on any atom is 0.220 e. The average molecular weight is 379 g/mol. The minimum absolute atomic E-state index is 0.00900. The number of aromatic nitrogens is 3. The highest BCUT2D eigenvalue weighted by Gasteiger charge is 2.14. The second kappa shape index (κ2) is 8.13. The number of benzene rings is 1. The molecule has 3 rings (SSSR count). The number of aryl methyl sites for hydroxylation is 3. The van der Waals surface area contributed by atoms with E-state index in [0.29, 0.717) is 18.8 Å². The van der Waals surface area contributed by atoms with Gasteiger partial charge in [-0.25, -0.2) is 9.50 Å². The normalized spacial score (nSPS) is 12.5. The summed E-state index contributed by atoms with van der Waals surface area (Å²) in [5, 5.41) is 7.62. The van der Waals surface area contributed by atoms with Crippen LogP contribution in [-0.4, -0.2) is 20.5 Å². The summed E-state index contributed by atoms with van der Waals surface area (Å²) >= 11 is 0. The van der Waals surface area contributed by atoms with Gasteiger partial charge in [0.1, 0.15) is 0 Å². The van der Waals surface area contributed by atoms with Crippen molar-refractivity contribution in [2.45, 2.75) is 66.3 Å². The molecule has 0 radical (unpaired) electrons. The van der Waals surface area contributed by atoms with Crippen LogP contribution in [0.25, 0.3) is 5.65 Å². The third kappa shape index (κ3) is 4.24. The highest BCUT2D eigenvalue weighted by atomic mass is 16.1. The Labute approximate surface area is 167 Å². The predicted octanol–water partition coefficient (Wildman–Crippen LogP) is 4.59. The van der Waals surface area contributed by atoms with Crippen molar-refractivity contribution >= 4 is 11.6 Å². The largest absolute Gasteiger partial charge is 0.350 e. The lowest BCUT2D eigenvalue weighted by molar-refractivity contribution is -0.121. The smallest absolute Gasteiger partial charge is 0.220 e. The van der Waals surface area contributed by atoms with Crippen LogP contribution in [0.15, 0.2) is 30.3 Å². The lowest BCUT2D eigenvalue weighted by Gasteiger charge is -2.16. The van der Waals surface area contributed by atoms with Gasteiger partial charge in [-0.3, -0.25) is 4.79 Å². The van der Waals surface area contributed by atoms with Gasteiger partial charge in [0.25, 0.3) is 0 Å². The molecule has 3 aromatic rings. The number of fused-ring (bicyclic) bond motifs is 1. The van der Waals surface area contributed by atoms with Crippen LogP contribution in [0, 0.1) is 20.8 Å². The van der Waals surface area contributed by atoms with E-state index in [1.54, 1.807) is 0 Å². The van der Waals surface area contributed by atoms with Gasteiger partial charge in [-0.05, 0) is 56.7 Å². The number of amides is 1. The minimum atomic E-state index is -0.00900. The molecule has 0 aliphatic heterocycles. The molecule has 1 atom stereocenters.